The lowest BCUT2D eigenvalue weighted by atomic mass is 10.1. The standard InChI is InChI=1S/C33H37F4N5O3S/c1-2-42(46(44,45)28-11-9-27(34)10-12-28)32(13-14-32)31(43)38-21-24-19-29(25-5-7-26(8-6-25)33(35,36)37)39-30(20-24)41-17-15-40(16-18-41)22-23-3-4-23/h5-12,19-20,23H,2-4,13-18,21-22H2,1H3,(H,38,43). The lowest BCUT2D eigenvalue weighted by molar-refractivity contribution is -0.137. The van der Waals surface area contributed by atoms with Crippen LogP contribution in [0.5, 0.6) is 0 Å². The minimum Gasteiger partial charge on any atom is -0.354 e. The number of piperazine rings is 1. The normalized spacial score (nSPS) is 18.5. The van der Waals surface area contributed by atoms with Crippen molar-refractivity contribution in [3.8, 4) is 11.3 Å². The van der Waals surface area contributed by atoms with Gasteiger partial charge in [0, 0.05) is 51.4 Å². The molecular weight excluding hydrogens is 622 g/mol. The van der Waals surface area contributed by atoms with Crippen molar-refractivity contribution in [1.82, 2.24) is 19.5 Å². The van der Waals surface area contributed by atoms with Gasteiger partial charge in [-0.15, -0.1) is 0 Å². The number of hydrogen-bond donors (Lipinski definition) is 1. The number of pyridine rings is 1. The Morgan fingerprint density at radius 3 is 2.22 bits per heavy atom. The van der Waals surface area contributed by atoms with Crippen molar-refractivity contribution in [3.63, 3.8) is 0 Å². The van der Waals surface area contributed by atoms with Gasteiger partial charge in [-0.25, -0.2) is 17.8 Å². The number of nitrogens with zero attached hydrogens (tertiary/aromatic N) is 4. The molecule has 2 saturated carbocycles. The third kappa shape index (κ3) is 6.91. The van der Waals surface area contributed by atoms with Crippen LogP contribution in [-0.4, -0.2) is 73.3 Å². The Labute approximate surface area is 266 Å². The van der Waals surface area contributed by atoms with Crippen LogP contribution in [0.15, 0.2) is 65.6 Å². The smallest absolute Gasteiger partial charge is 0.354 e. The fourth-order valence-corrected chi connectivity index (χ4v) is 7.93. The van der Waals surface area contributed by atoms with E-state index in [2.05, 4.69) is 15.1 Å². The third-order valence-corrected chi connectivity index (χ3v) is 11.1. The summed E-state index contributed by atoms with van der Waals surface area (Å²) in [5.74, 6) is 0.450. The molecule has 0 unspecified atom stereocenters. The molecule has 1 aromatic heterocycles. The Kier molecular flexibility index (Phi) is 8.85. The molecule has 1 amide bonds. The van der Waals surface area contributed by atoms with E-state index in [0.717, 1.165) is 62.9 Å². The number of halogens is 4. The number of carbonyl (C=O) groups excluding carboxylic acids is 1. The molecule has 0 bridgehead atoms. The SMILES string of the molecule is CCN(C1(C(=O)NCc2cc(-c3ccc(C(F)(F)F)cc3)nc(N3CCN(CC4CC4)CC3)c2)CC1)S(=O)(=O)c1ccc(F)cc1. The van der Waals surface area contributed by atoms with Crippen molar-refractivity contribution in [3.05, 3.63) is 77.6 Å². The Balaban J connectivity index is 1.22. The monoisotopic (exact) mass is 659 g/mol. The third-order valence-electron chi connectivity index (χ3n) is 9.05. The fourth-order valence-electron chi connectivity index (χ4n) is 6.13. The van der Waals surface area contributed by atoms with Gasteiger partial charge in [0.2, 0.25) is 15.9 Å². The highest BCUT2D eigenvalue weighted by Gasteiger charge is 2.58. The molecule has 1 saturated heterocycles. The van der Waals surface area contributed by atoms with E-state index in [1.165, 1.54) is 41.4 Å². The molecule has 2 aromatic carbocycles. The molecule has 0 radical (unpaired) electrons. The van der Waals surface area contributed by atoms with Crippen molar-refractivity contribution in [2.24, 2.45) is 5.92 Å². The zero-order valence-electron chi connectivity index (χ0n) is 25.6. The first-order valence-corrected chi connectivity index (χ1v) is 17.1. The van der Waals surface area contributed by atoms with Gasteiger partial charge in [0.05, 0.1) is 16.2 Å². The number of alkyl halides is 3. The van der Waals surface area contributed by atoms with Gasteiger partial charge in [-0.3, -0.25) is 9.69 Å². The second kappa shape index (κ2) is 12.6. The van der Waals surface area contributed by atoms with Crippen LogP contribution < -0.4 is 10.2 Å². The Bertz CT molecular complexity index is 1670. The van der Waals surface area contributed by atoms with Gasteiger partial charge in [0.15, 0.2) is 0 Å². The Hall–Kier alpha value is -3.55. The van der Waals surface area contributed by atoms with Crippen molar-refractivity contribution in [1.29, 1.82) is 0 Å². The maximum atomic E-state index is 13.6. The first-order valence-electron chi connectivity index (χ1n) is 15.6. The average Bonchev–Trinajstić information content (AvgIpc) is 3.98. The van der Waals surface area contributed by atoms with Crippen molar-refractivity contribution in [2.75, 3.05) is 44.2 Å². The quantitative estimate of drug-likeness (QED) is 0.282. The molecule has 2 aliphatic carbocycles. The van der Waals surface area contributed by atoms with Crippen LogP contribution in [0, 0.1) is 11.7 Å². The minimum atomic E-state index is -4.46. The van der Waals surface area contributed by atoms with Crippen LogP contribution in [-0.2, 0) is 27.5 Å². The summed E-state index contributed by atoms with van der Waals surface area (Å²) < 4.78 is 81.3. The van der Waals surface area contributed by atoms with Crippen LogP contribution in [0.1, 0.15) is 43.7 Å². The molecule has 0 spiro atoms. The molecule has 2 heterocycles. The van der Waals surface area contributed by atoms with Crippen LogP contribution in [0.25, 0.3) is 11.3 Å². The molecule has 1 aliphatic heterocycles. The Morgan fingerprint density at radius 2 is 1.65 bits per heavy atom. The fraction of sp³-hybridized carbons (Fsp3) is 0.455. The van der Waals surface area contributed by atoms with Crippen molar-refractivity contribution < 1.29 is 30.8 Å². The molecule has 13 heteroatoms. The Morgan fingerprint density at radius 1 is 1.00 bits per heavy atom. The largest absolute Gasteiger partial charge is 0.416 e. The number of benzene rings is 2. The maximum absolute atomic E-state index is 13.6. The second-order valence-corrected chi connectivity index (χ2v) is 14.2. The molecule has 3 fully saturated rings. The predicted octanol–water partition coefficient (Wildman–Crippen LogP) is 5.30. The molecule has 1 N–H and O–H groups in total. The molecule has 3 aliphatic rings. The van der Waals surface area contributed by atoms with Crippen molar-refractivity contribution in [2.45, 2.75) is 55.8 Å². The van der Waals surface area contributed by atoms with E-state index in [9.17, 15) is 30.8 Å². The van der Waals surface area contributed by atoms with Gasteiger partial charge in [-0.1, -0.05) is 19.1 Å². The van der Waals surface area contributed by atoms with Gasteiger partial charge >= 0.3 is 6.18 Å². The number of hydrogen-bond acceptors (Lipinski definition) is 6. The minimum absolute atomic E-state index is 0.0529. The van der Waals surface area contributed by atoms with Gasteiger partial charge in [-0.2, -0.15) is 17.5 Å². The highest BCUT2D eigenvalue weighted by Crippen LogP contribution is 2.45. The number of carbonyl (C=O) groups is 1. The maximum Gasteiger partial charge on any atom is 0.416 e. The number of anilines is 1. The summed E-state index contributed by atoms with van der Waals surface area (Å²) in [4.78, 5) is 22.9. The predicted molar refractivity (Wildman–Crippen MR) is 166 cm³/mol. The first kappa shape index (κ1) is 32.4. The summed E-state index contributed by atoms with van der Waals surface area (Å²) in [7, 11) is -4.07. The van der Waals surface area contributed by atoms with Crippen LogP contribution in [0.3, 0.4) is 0 Å². The van der Waals surface area contributed by atoms with Crippen molar-refractivity contribution >= 4 is 21.7 Å². The number of nitrogens with one attached hydrogen (secondary N) is 1. The van der Waals surface area contributed by atoms with E-state index in [1.807, 2.05) is 6.07 Å². The summed E-state index contributed by atoms with van der Waals surface area (Å²) in [5, 5.41) is 2.91. The molecule has 3 aromatic rings. The number of likely N-dealkylation sites (N-methyl/N-ethyl adjacent to an activating group) is 1. The lowest BCUT2D eigenvalue weighted by Crippen LogP contribution is -2.51. The molecule has 0 atom stereocenters. The summed E-state index contributed by atoms with van der Waals surface area (Å²) >= 11 is 0. The summed E-state index contributed by atoms with van der Waals surface area (Å²) in [6.45, 7) is 6.13. The molecular formula is C33H37F4N5O3S. The number of sulfonamides is 1. The molecule has 8 nitrogen and oxygen atoms in total. The first-order chi connectivity index (χ1) is 21.9. The number of rotatable bonds is 11. The topological polar surface area (TPSA) is 85.8 Å². The van der Waals surface area contributed by atoms with E-state index < -0.39 is 39.0 Å². The highest BCUT2D eigenvalue weighted by atomic mass is 32.2. The second-order valence-electron chi connectivity index (χ2n) is 12.4. The number of amides is 1. The summed E-state index contributed by atoms with van der Waals surface area (Å²) in [5.41, 5.74) is -0.333. The van der Waals surface area contributed by atoms with Gasteiger partial charge in [0.1, 0.15) is 17.2 Å². The molecule has 46 heavy (non-hydrogen) atoms. The summed E-state index contributed by atoms with van der Waals surface area (Å²) in [6.07, 6.45) is -1.21. The van der Waals surface area contributed by atoms with E-state index >= 15 is 0 Å². The van der Waals surface area contributed by atoms with E-state index in [-0.39, 0.29) is 18.0 Å². The van der Waals surface area contributed by atoms with Gasteiger partial charge < -0.3 is 10.2 Å². The lowest BCUT2D eigenvalue weighted by Gasteiger charge is -2.35. The van der Waals surface area contributed by atoms with Crippen LogP contribution in [0.4, 0.5) is 23.4 Å². The van der Waals surface area contributed by atoms with E-state index in [1.54, 1.807) is 13.0 Å². The van der Waals surface area contributed by atoms with Crippen LogP contribution in [0.2, 0.25) is 0 Å². The molecule has 246 valence electrons. The highest BCUT2D eigenvalue weighted by molar-refractivity contribution is 7.89. The van der Waals surface area contributed by atoms with Gasteiger partial charge in [0.25, 0.3) is 0 Å². The van der Waals surface area contributed by atoms with Crippen LogP contribution >= 0.6 is 0 Å². The van der Waals surface area contributed by atoms with Gasteiger partial charge in [-0.05, 0) is 85.7 Å². The zero-order valence-corrected chi connectivity index (χ0v) is 26.4. The van der Waals surface area contributed by atoms with E-state index in [0.29, 0.717) is 35.5 Å². The average molecular weight is 660 g/mol. The molecule has 6 rings (SSSR count). The van der Waals surface area contributed by atoms with E-state index in [4.69, 9.17) is 4.98 Å². The zero-order chi connectivity index (χ0) is 32.7. The summed E-state index contributed by atoms with van der Waals surface area (Å²) in [6, 6.07) is 13.0. The number of aromatic nitrogens is 1.